The summed E-state index contributed by atoms with van der Waals surface area (Å²) in [5.41, 5.74) is 2.97. The maximum atomic E-state index is 13.9. The number of hydrogen-bond acceptors (Lipinski definition) is 5. The third kappa shape index (κ3) is 4.32. The van der Waals surface area contributed by atoms with Crippen molar-refractivity contribution < 1.29 is 18.6 Å². The monoisotopic (exact) mass is 394 g/mol. The molecule has 4 rings (SSSR count). The largest absolute Gasteiger partial charge is 0.493 e. The summed E-state index contributed by atoms with van der Waals surface area (Å²) < 4.78 is 30.9. The van der Waals surface area contributed by atoms with E-state index in [0.29, 0.717) is 36.1 Å². The molecule has 1 aromatic heterocycles. The molecular formula is C23H23FN2O3. The molecule has 0 radical (unpaired) electrons. The lowest BCUT2D eigenvalue weighted by Crippen LogP contribution is -2.27. The van der Waals surface area contributed by atoms with Crippen molar-refractivity contribution in [3.8, 4) is 23.0 Å². The van der Waals surface area contributed by atoms with Crippen LogP contribution in [0.2, 0.25) is 0 Å². The van der Waals surface area contributed by atoms with Gasteiger partial charge in [-0.1, -0.05) is 6.07 Å². The van der Waals surface area contributed by atoms with Gasteiger partial charge < -0.3 is 14.2 Å². The average molecular weight is 394 g/mol. The highest BCUT2D eigenvalue weighted by atomic mass is 19.1. The second-order valence-corrected chi connectivity index (χ2v) is 6.99. The molecule has 5 nitrogen and oxygen atoms in total. The van der Waals surface area contributed by atoms with Gasteiger partial charge in [0.1, 0.15) is 17.3 Å². The summed E-state index contributed by atoms with van der Waals surface area (Å²) in [6, 6.07) is 12.4. The van der Waals surface area contributed by atoms with E-state index in [9.17, 15) is 4.39 Å². The predicted molar refractivity (Wildman–Crippen MR) is 108 cm³/mol. The van der Waals surface area contributed by atoms with Crippen LogP contribution in [0.4, 0.5) is 4.39 Å². The summed E-state index contributed by atoms with van der Waals surface area (Å²) in [5.74, 6) is 2.31. The number of pyridine rings is 1. The molecule has 0 bridgehead atoms. The molecular weight excluding hydrogens is 371 g/mol. The van der Waals surface area contributed by atoms with E-state index in [1.165, 1.54) is 12.1 Å². The van der Waals surface area contributed by atoms with Crippen LogP contribution in [0.3, 0.4) is 0 Å². The molecule has 0 saturated heterocycles. The zero-order chi connectivity index (χ0) is 20.2. The Labute approximate surface area is 169 Å². The van der Waals surface area contributed by atoms with Crippen molar-refractivity contribution in [2.75, 3.05) is 20.8 Å². The molecule has 0 aliphatic carbocycles. The number of nitrogens with zero attached hydrogens (tertiary/aromatic N) is 2. The van der Waals surface area contributed by atoms with Crippen LogP contribution in [0.25, 0.3) is 0 Å². The summed E-state index contributed by atoms with van der Waals surface area (Å²) in [6.07, 6.45) is 4.50. The van der Waals surface area contributed by atoms with Gasteiger partial charge in [-0.15, -0.1) is 0 Å². The molecule has 2 aromatic carbocycles. The van der Waals surface area contributed by atoms with Crippen LogP contribution >= 0.6 is 0 Å². The first-order chi connectivity index (χ1) is 14.2. The number of ether oxygens (including phenoxy) is 3. The highest BCUT2D eigenvalue weighted by Crippen LogP contribution is 2.40. The van der Waals surface area contributed by atoms with E-state index in [1.807, 2.05) is 24.4 Å². The smallest absolute Gasteiger partial charge is 0.164 e. The molecule has 0 saturated carbocycles. The number of benzene rings is 2. The van der Waals surface area contributed by atoms with E-state index in [2.05, 4.69) is 16.0 Å². The van der Waals surface area contributed by atoms with Gasteiger partial charge in [0, 0.05) is 49.2 Å². The van der Waals surface area contributed by atoms with Crippen LogP contribution in [0.1, 0.15) is 16.7 Å². The van der Waals surface area contributed by atoms with Gasteiger partial charge in [-0.2, -0.15) is 0 Å². The number of rotatable bonds is 5. The molecule has 0 spiro atoms. The minimum Gasteiger partial charge on any atom is -0.493 e. The van der Waals surface area contributed by atoms with Crippen molar-refractivity contribution in [2.24, 2.45) is 0 Å². The fraction of sp³-hybridized carbons (Fsp3) is 0.261. The minimum absolute atomic E-state index is 0.271. The van der Waals surface area contributed by atoms with Gasteiger partial charge >= 0.3 is 0 Å². The van der Waals surface area contributed by atoms with E-state index < -0.39 is 0 Å². The Morgan fingerprint density at radius 2 is 1.76 bits per heavy atom. The van der Waals surface area contributed by atoms with Crippen molar-refractivity contribution in [2.45, 2.75) is 19.5 Å². The number of halogens is 1. The molecule has 29 heavy (non-hydrogen) atoms. The minimum atomic E-state index is -0.271. The molecule has 0 amide bonds. The highest BCUT2D eigenvalue weighted by Gasteiger charge is 2.21. The van der Waals surface area contributed by atoms with Crippen LogP contribution in [-0.2, 0) is 19.5 Å². The Balaban J connectivity index is 1.70. The summed E-state index contributed by atoms with van der Waals surface area (Å²) >= 11 is 0. The van der Waals surface area contributed by atoms with Gasteiger partial charge in [0.05, 0.1) is 14.2 Å². The topological polar surface area (TPSA) is 43.8 Å². The lowest BCUT2D eigenvalue weighted by Gasteiger charge is -2.28. The Kier molecular flexibility index (Phi) is 5.62. The highest BCUT2D eigenvalue weighted by molar-refractivity contribution is 5.53. The number of methoxy groups -OCH3 is 2. The van der Waals surface area contributed by atoms with Gasteiger partial charge in [0.15, 0.2) is 11.5 Å². The lowest BCUT2D eigenvalue weighted by molar-refractivity contribution is 0.245. The Morgan fingerprint density at radius 1 is 1.00 bits per heavy atom. The standard InChI is InChI=1S/C23H23FN2O3/c1-27-22-11-18-15-26(9-7-16-4-3-8-25-13-16)14-17-10-19(24)5-6-20(17)29-21(18)12-23(22)28-2/h3-6,8,10-13H,7,9,14-15H2,1-2H3. The molecule has 150 valence electrons. The number of hydrogen-bond donors (Lipinski definition) is 0. The predicted octanol–water partition coefficient (Wildman–Crippen LogP) is 4.59. The van der Waals surface area contributed by atoms with Crippen LogP contribution < -0.4 is 14.2 Å². The Bertz CT molecular complexity index is 995. The van der Waals surface area contributed by atoms with E-state index >= 15 is 0 Å². The summed E-state index contributed by atoms with van der Waals surface area (Å²) in [5, 5.41) is 0. The third-order valence-corrected chi connectivity index (χ3v) is 5.04. The first-order valence-corrected chi connectivity index (χ1v) is 9.48. The molecule has 1 aliphatic rings. The van der Waals surface area contributed by atoms with Crippen molar-refractivity contribution in [3.05, 3.63) is 77.4 Å². The molecule has 2 heterocycles. The van der Waals surface area contributed by atoms with Gasteiger partial charge in [-0.25, -0.2) is 4.39 Å². The maximum Gasteiger partial charge on any atom is 0.164 e. The van der Waals surface area contributed by atoms with Gasteiger partial charge in [0.25, 0.3) is 0 Å². The summed E-state index contributed by atoms with van der Waals surface area (Å²) in [7, 11) is 3.21. The average Bonchev–Trinajstić information content (AvgIpc) is 2.73. The molecule has 0 atom stereocenters. The molecule has 1 aliphatic heterocycles. The summed E-state index contributed by atoms with van der Waals surface area (Å²) in [6.45, 7) is 2.03. The van der Waals surface area contributed by atoms with E-state index in [-0.39, 0.29) is 5.82 Å². The normalized spacial score (nSPS) is 13.5. The zero-order valence-corrected chi connectivity index (χ0v) is 16.5. The van der Waals surface area contributed by atoms with Crippen LogP contribution in [-0.4, -0.2) is 30.6 Å². The second-order valence-electron chi connectivity index (χ2n) is 6.99. The van der Waals surface area contributed by atoms with Crippen molar-refractivity contribution >= 4 is 0 Å². The molecule has 0 fully saturated rings. The van der Waals surface area contributed by atoms with E-state index in [0.717, 1.165) is 29.7 Å². The van der Waals surface area contributed by atoms with Crippen LogP contribution in [0.15, 0.2) is 54.9 Å². The van der Waals surface area contributed by atoms with Crippen LogP contribution in [0.5, 0.6) is 23.0 Å². The van der Waals surface area contributed by atoms with Gasteiger partial charge in [0.2, 0.25) is 0 Å². The van der Waals surface area contributed by atoms with Crippen molar-refractivity contribution in [1.82, 2.24) is 9.88 Å². The van der Waals surface area contributed by atoms with Crippen molar-refractivity contribution in [3.63, 3.8) is 0 Å². The van der Waals surface area contributed by atoms with Crippen molar-refractivity contribution in [1.29, 1.82) is 0 Å². The Hall–Kier alpha value is -3.12. The van der Waals surface area contributed by atoms with Gasteiger partial charge in [-0.3, -0.25) is 9.88 Å². The molecule has 0 unspecified atom stereocenters. The first-order valence-electron chi connectivity index (χ1n) is 9.48. The first kappa shape index (κ1) is 19.2. The maximum absolute atomic E-state index is 13.9. The SMILES string of the molecule is COc1cc2c(cc1OC)Oc1ccc(F)cc1CN(CCc1cccnc1)C2. The number of fused-ring (bicyclic) bond motifs is 2. The zero-order valence-electron chi connectivity index (χ0n) is 16.5. The number of aromatic nitrogens is 1. The van der Waals surface area contributed by atoms with Gasteiger partial charge in [-0.05, 0) is 42.3 Å². The molecule has 3 aromatic rings. The fourth-order valence-electron chi connectivity index (χ4n) is 3.54. The lowest BCUT2D eigenvalue weighted by atomic mass is 10.1. The fourth-order valence-corrected chi connectivity index (χ4v) is 3.54. The molecule has 6 heteroatoms. The van der Waals surface area contributed by atoms with E-state index in [4.69, 9.17) is 14.2 Å². The molecule has 0 N–H and O–H groups in total. The second kappa shape index (κ2) is 8.49. The third-order valence-electron chi connectivity index (χ3n) is 5.04. The summed E-state index contributed by atoms with van der Waals surface area (Å²) in [4.78, 5) is 6.47. The van der Waals surface area contributed by atoms with E-state index in [1.54, 1.807) is 26.5 Å². The Morgan fingerprint density at radius 3 is 2.48 bits per heavy atom. The quantitative estimate of drug-likeness (QED) is 0.633. The van der Waals surface area contributed by atoms with Crippen LogP contribution in [0, 0.1) is 5.82 Å².